The molecule has 0 saturated carbocycles. The quantitative estimate of drug-likeness (QED) is 0.852. The molecule has 0 aliphatic carbocycles. The Balaban J connectivity index is 1.76. The molecule has 1 heterocycles. The van der Waals surface area contributed by atoms with Crippen molar-refractivity contribution < 1.29 is 4.39 Å². The number of hydrogen-bond donors (Lipinski definition) is 1. The molecule has 1 fully saturated rings. The summed E-state index contributed by atoms with van der Waals surface area (Å²) in [4.78, 5) is 4.72. The summed E-state index contributed by atoms with van der Waals surface area (Å²) in [7, 11) is 2.08. The minimum atomic E-state index is -0.215. The van der Waals surface area contributed by atoms with E-state index in [1.807, 2.05) is 6.07 Å². The first kappa shape index (κ1) is 14.4. The number of hydrogen-bond acceptors (Lipinski definition) is 3. The number of benzene rings is 1. The molecule has 0 radical (unpaired) electrons. The molecule has 0 amide bonds. The molecule has 1 aliphatic rings. The van der Waals surface area contributed by atoms with Crippen LogP contribution in [0, 0.1) is 5.82 Å². The van der Waals surface area contributed by atoms with E-state index in [-0.39, 0.29) is 11.9 Å². The standard InChI is InChI=1S/C15H24FN3/c1-18(9-10-19-7-2-3-8-19)12-15(17)13-5-4-6-14(16)11-13/h4-6,11,15H,2-3,7-10,12,17H2,1H3. The van der Waals surface area contributed by atoms with Crippen LogP contribution in [0.15, 0.2) is 24.3 Å². The summed E-state index contributed by atoms with van der Waals surface area (Å²) in [5.74, 6) is -0.215. The lowest BCUT2D eigenvalue weighted by Gasteiger charge is -2.24. The van der Waals surface area contributed by atoms with Crippen LogP contribution in [0.5, 0.6) is 0 Å². The minimum Gasteiger partial charge on any atom is -0.323 e. The zero-order chi connectivity index (χ0) is 13.7. The van der Waals surface area contributed by atoms with E-state index in [4.69, 9.17) is 5.73 Å². The van der Waals surface area contributed by atoms with E-state index in [2.05, 4.69) is 16.8 Å². The predicted molar refractivity (Wildman–Crippen MR) is 76.5 cm³/mol. The van der Waals surface area contributed by atoms with Gasteiger partial charge < -0.3 is 15.5 Å². The number of nitrogens with two attached hydrogens (primary N) is 1. The molecule has 2 rings (SSSR count). The maximum atomic E-state index is 13.1. The first-order chi connectivity index (χ1) is 9.15. The van der Waals surface area contributed by atoms with E-state index >= 15 is 0 Å². The normalized spacial score (nSPS) is 18.1. The van der Waals surface area contributed by atoms with Crippen molar-refractivity contribution in [3.05, 3.63) is 35.6 Å². The fourth-order valence-corrected chi connectivity index (χ4v) is 2.59. The van der Waals surface area contributed by atoms with Gasteiger partial charge in [-0.2, -0.15) is 0 Å². The van der Waals surface area contributed by atoms with Crippen LogP contribution in [-0.2, 0) is 0 Å². The van der Waals surface area contributed by atoms with E-state index in [1.165, 1.54) is 38.1 Å². The summed E-state index contributed by atoms with van der Waals surface area (Å²) in [6.07, 6.45) is 2.65. The minimum absolute atomic E-state index is 0.126. The molecule has 19 heavy (non-hydrogen) atoms. The Morgan fingerprint density at radius 2 is 2.11 bits per heavy atom. The van der Waals surface area contributed by atoms with Crippen LogP contribution < -0.4 is 5.73 Å². The molecule has 106 valence electrons. The first-order valence-electron chi connectivity index (χ1n) is 7.07. The molecular weight excluding hydrogens is 241 g/mol. The molecule has 1 aromatic rings. The Morgan fingerprint density at radius 1 is 1.37 bits per heavy atom. The summed E-state index contributed by atoms with van der Waals surface area (Å²) >= 11 is 0. The van der Waals surface area contributed by atoms with Gasteiger partial charge in [-0.25, -0.2) is 4.39 Å². The second-order valence-corrected chi connectivity index (χ2v) is 5.47. The zero-order valence-corrected chi connectivity index (χ0v) is 11.7. The topological polar surface area (TPSA) is 32.5 Å². The second-order valence-electron chi connectivity index (χ2n) is 5.47. The van der Waals surface area contributed by atoms with Crippen molar-refractivity contribution in [3.8, 4) is 0 Å². The molecule has 0 aromatic heterocycles. The Hall–Kier alpha value is -0.970. The van der Waals surface area contributed by atoms with Crippen LogP contribution in [0.25, 0.3) is 0 Å². The highest BCUT2D eigenvalue weighted by molar-refractivity contribution is 5.20. The van der Waals surface area contributed by atoms with Crippen molar-refractivity contribution in [1.82, 2.24) is 9.80 Å². The van der Waals surface area contributed by atoms with Crippen molar-refractivity contribution in [2.45, 2.75) is 18.9 Å². The summed E-state index contributed by atoms with van der Waals surface area (Å²) in [5, 5.41) is 0. The lowest BCUT2D eigenvalue weighted by molar-refractivity contribution is 0.248. The van der Waals surface area contributed by atoms with E-state index in [0.717, 1.165) is 25.2 Å². The van der Waals surface area contributed by atoms with Crippen molar-refractivity contribution in [1.29, 1.82) is 0 Å². The van der Waals surface area contributed by atoms with Gasteiger partial charge in [0.2, 0.25) is 0 Å². The molecule has 3 nitrogen and oxygen atoms in total. The van der Waals surface area contributed by atoms with Gasteiger partial charge in [0.15, 0.2) is 0 Å². The van der Waals surface area contributed by atoms with Gasteiger partial charge >= 0.3 is 0 Å². The number of nitrogens with zero attached hydrogens (tertiary/aromatic N) is 2. The molecule has 4 heteroatoms. The van der Waals surface area contributed by atoms with Crippen molar-refractivity contribution >= 4 is 0 Å². The molecule has 0 bridgehead atoms. The fraction of sp³-hybridized carbons (Fsp3) is 0.600. The highest BCUT2D eigenvalue weighted by atomic mass is 19.1. The van der Waals surface area contributed by atoms with Gasteiger partial charge in [0.25, 0.3) is 0 Å². The van der Waals surface area contributed by atoms with Crippen molar-refractivity contribution in [2.75, 3.05) is 39.8 Å². The van der Waals surface area contributed by atoms with Gasteiger partial charge in [-0.05, 0) is 50.7 Å². The maximum absolute atomic E-state index is 13.1. The fourth-order valence-electron chi connectivity index (χ4n) is 2.59. The third kappa shape index (κ3) is 4.56. The van der Waals surface area contributed by atoms with Gasteiger partial charge in [0.05, 0.1) is 0 Å². The summed E-state index contributed by atoms with van der Waals surface area (Å²) in [6.45, 7) is 5.33. The van der Waals surface area contributed by atoms with Crippen LogP contribution in [0.2, 0.25) is 0 Å². The number of rotatable bonds is 6. The second kappa shape index (κ2) is 6.98. The largest absolute Gasteiger partial charge is 0.323 e. The monoisotopic (exact) mass is 265 g/mol. The van der Waals surface area contributed by atoms with Gasteiger partial charge in [-0.3, -0.25) is 0 Å². The number of halogens is 1. The van der Waals surface area contributed by atoms with Crippen molar-refractivity contribution in [2.24, 2.45) is 5.73 Å². The summed E-state index contributed by atoms with van der Waals surface area (Å²) < 4.78 is 13.1. The zero-order valence-electron chi connectivity index (χ0n) is 11.7. The van der Waals surface area contributed by atoms with Gasteiger partial charge in [-0.1, -0.05) is 12.1 Å². The van der Waals surface area contributed by atoms with Crippen molar-refractivity contribution in [3.63, 3.8) is 0 Å². The van der Waals surface area contributed by atoms with Crippen LogP contribution >= 0.6 is 0 Å². The molecule has 0 spiro atoms. The average molecular weight is 265 g/mol. The Labute approximate surface area is 115 Å². The molecule has 1 aliphatic heterocycles. The maximum Gasteiger partial charge on any atom is 0.123 e. The lowest BCUT2D eigenvalue weighted by atomic mass is 10.1. The third-order valence-corrected chi connectivity index (χ3v) is 3.78. The molecule has 1 unspecified atom stereocenters. The Bertz CT molecular complexity index is 391. The van der Waals surface area contributed by atoms with Crippen LogP contribution in [0.3, 0.4) is 0 Å². The van der Waals surface area contributed by atoms with Crippen LogP contribution in [-0.4, -0.2) is 49.6 Å². The van der Waals surface area contributed by atoms with Gasteiger partial charge in [0, 0.05) is 25.7 Å². The van der Waals surface area contributed by atoms with E-state index in [9.17, 15) is 4.39 Å². The van der Waals surface area contributed by atoms with Crippen LogP contribution in [0.4, 0.5) is 4.39 Å². The first-order valence-corrected chi connectivity index (χ1v) is 7.07. The molecule has 1 atom stereocenters. The van der Waals surface area contributed by atoms with Gasteiger partial charge in [0.1, 0.15) is 5.82 Å². The van der Waals surface area contributed by atoms with E-state index in [1.54, 1.807) is 6.07 Å². The average Bonchev–Trinajstić information content (AvgIpc) is 2.89. The Kier molecular flexibility index (Phi) is 5.31. The lowest BCUT2D eigenvalue weighted by Crippen LogP contribution is -2.35. The highest BCUT2D eigenvalue weighted by Crippen LogP contribution is 2.13. The SMILES string of the molecule is CN(CCN1CCCC1)CC(N)c1cccc(F)c1. The van der Waals surface area contributed by atoms with E-state index in [0.29, 0.717) is 0 Å². The van der Waals surface area contributed by atoms with Crippen LogP contribution in [0.1, 0.15) is 24.4 Å². The predicted octanol–water partition coefficient (Wildman–Crippen LogP) is 1.85. The molecule has 1 saturated heterocycles. The number of likely N-dealkylation sites (N-methyl/N-ethyl adjacent to an activating group) is 1. The highest BCUT2D eigenvalue weighted by Gasteiger charge is 2.14. The smallest absolute Gasteiger partial charge is 0.123 e. The molecule has 2 N–H and O–H groups in total. The summed E-state index contributed by atoms with van der Waals surface area (Å²) in [6, 6.07) is 6.46. The summed E-state index contributed by atoms with van der Waals surface area (Å²) in [5.41, 5.74) is 7.00. The van der Waals surface area contributed by atoms with Gasteiger partial charge in [-0.15, -0.1) is 0 Å². The Morgan fingerprint density at radius 3 is 2.79 bits per heavy atom. The third-order valence-electron chi connectivity index (χ3n) is 3.78. The molecule has 1 aromatic carbocycles. The number of likely N-dealkylation sites (tertiary alicyclic amines) is 1. The van der Waals surface area contributed by atoms with E-state index < -0.39 is 0 Å². The molecular formula is C15H24FN3.